The number of fused-ring (bicyclic) bond motifs is 2. The Morgan fingerprint density at radius 3 is 3.27 bits per heavy atom. The van der Waals surface area contributed by atoms with Crippen LogP contribution in [-0.2, 0) is 4.74 Å². The smallest absolute Gasteiger partial charge is 0.170 e. The lowest BCUT2D eigenvalue weighted by Crippen LogP contribution is -2.51. The molecule has 0 amide bonds. The van der Waals surface area contributed by atoms with E-state index in [9.17, 15) is 0 Å². The molecule has 2 N–H and O–H groups in total. The Balaban J connectivity index is 2.01. The van der Waals surface area contributed by atoms with Crippen LogP contribution < -0.4 is 10.6 Å². The molecule has 4 heteroatoms. The Morgan fingerprint density at radius 1 is 1.40 bits per heavy atom. The first-order valence-electron chi connectivity index (χ1n) is 5.10. The average Bonchev–Trinajstić information content (AvgIpc) is 2.29. The van der Waals surface area contributed by atoms with Crippen LogP contribution in [0.3, 0.4) is 0 Å². The van der Waals surface area contributed by atoms with E-state index >= 15 is 0 Å². The first-order chi connectivity index (χ1) is 7.34. The fraction of sp³-hybridized carbons (Fsp3) is 0.364. The summed E-state index contributed by atoms with van der Waals surface area (Å²) in [6.07, 6.45) is 8.35. The third kappa shape index (κ3) is 1.50. The number of rotatable bonds is 0. The van der Waals surface area contributed by atoms with Gasteiger partial charge in [-0.15, -0.1) is 0 Å². The van der Waals surface area contributed by atoms with E-state index in [1.54, 1.807) is 0 Å². The van der Waals surface area contributed by atoms with Crippen molar-refractivity contribution < 1.29 is 4.74 Å². The van der Waals surface area contributed by atoms with Gasteiger partial charge in [-0.3, -0.25) is 0 Å². The fourth-order valence-electron chi connectivity index (χ4n) is 2.17. The van der Waals surface area contributed by atoms with E-state index in [2.05, 4.69) is 22.8 Å². The number of hydrogen-bond donors (Lipinski definition) is 2. The number of nitrogens with one attached hydrogen (secondary N) is 2. The minimum atomic E-state index is 0.106. The second-order valence-electron chi connectivity index (χ2n) is 3.90. The Morgan fingerprint density at radius 2 is 2.33 bits per heavy atom. The SMILES string of the molecule is S=C1NCC2COC3C=CC=CC3=C2N1. The minimum absolute atomic E-state index is 0.106. The van der Waals surface area contributed by atoms with E-state index in [1.807, 2.05) is 12.2 Å². The summed E-state index contributed by atoms with van der Waals surface area (Å²) in [5, 5.41) is 7.11. The van der Waals surface area contributed by atoms with Crippen LogP contribution in [0.2, 0.25) is 0 Å². The highest BCUT2D eigenvalue weighted by Crippen LogP contribution is 2.29. The second kappa shape index (κ2) is 3.47. The van der Waals surface area contributed by atoms with Gasteiger partial charge in [0, 0.05) is 23.7 Å². The molecule has 0 aromatic rings. The Labute approximate surface area is 93.9 Å². The number of hydrogen-bond acceptors (Lipinski definition) is 2. The molecule has 2 aliphatic heterocycles. The predicted molar refractivity (Wildman–Crippen MR) is 62.3 cm³/mol. The number of ether oxygens (including phenoxy) is 1. The van der Waals surface area contributed by atoms with E-state index < -0.39 is 0 Å². The minimum Gasteiger partial charge on any atom is -0.369 e. The van der Waals surface area contributed by atoms with Crippen molar-refractivity contribution in [1.82, 2.24) is 10.6 Å². The summed E-state index contributed by atoms with van der Waals surface area (Å²) in [5.74, 6) is 0.402. The largest absolute Gasteiger partial charge is 0.369 e. The summed E-state index contributed by atoms with van der Waals surface area (Å²) in [6.45, 7) is 1.62. The first kappa shape index (κ1) is 9.12. The van der Waals surface area contributed by atoms with E-state index in [0.717, 1.165) is 18.3 Å². The van der Waals surface area contributed by atoms with Gasteiger partial charge >= 0.3 is 0 Å². The van der Waals surface area contributed by atoms with Crippen LogP contribution in [0.15, 0.2) is 35.6 Å². The van der Waals surface area contributed by atoms with Crippen molar-refractivity contribution in [3.63, 3.8) is 0 Å². The molecule has 1 aliphatic carbocycles. The molecule has 3 nitrogen and oxygen atoms in total. The third-order valence-electron chi connectivity index (χ3n) is 2.93. The van der Waals surface area contributed by atoms with Gasteiger partial charge in [0.1, 0.15) is 6.10 Å². The highest BCUT2D eigenvalue weighted by Gasteiger charge is 2.31. The zero-order valence-corrected chi connectivity index (χ0v) is 9.01. The Kier molecular flexibility index (Phi) is 2.11. The normalized spacial score (nSPS) is 32.9. The maximum Gasteiger partial charge on any atom is 0.170 e. The number of allylic oxidation sites excluding steroid dienone is 2. The van der Waals surface area contributed by atoms with Crippen LogP contribution in [-0.4, -0.2) is 24.4 Å². The quantitative estimate of drug-likeness (QED) is 0.593. The molecular weight excluding hydrogens is 208 g/mol. The van der Waals surface area contributed by atoms with Crippen molar-refractivity contribution >= 4 is 17.3 Å². The molecule has 3 aliphatic rings. The van der Waals surface area contributed by atoms with E-state index in [1.165, 1.54) is 11.3 Å². The summed E-state index contributed by atoms with van der Waals surface area (Å²) < 4.78 is 5.77. The average molecular weight is 220 g/mol. The Bertz CT molecular complexity index is 397. The van der Waals surface area contributed by atoms with Crippen LogP contribution in [0.5, 0.6) is 0 Å². The molecule has 1 saturated heterocycles. The molecule has 0 radical (unpaired) electrons. The van der Waals surface area contributed by atoms with Crippen molar-refractivity contribution in [2.75, 3.05) is 13.2 Å². The highest BCUT2D eigenvalue weighted by atomic mass is 32.1. The van der Waals surface area contributed by atoms with Gasteiger partial charge in [-0.25, -0.2) is 0 Å². The van der Waals surface area contributed by atoms with Crippen molar-refractivity contribution in [2.45, 2.75) is 6.10 Å². The van der Waals surface area contributed by atoms with E-state index in [-0.39, 0.29) is 6.10 Å². The van der Waals surface area contributed by atoms with Gasteiger partial charge in [0.2, 0.25) is 0 Å². The molecule has 15 heavy (non-hydrogen) atoms. The predicted octanol–water partition coefficient (Wildman–Crippen LogP) is 0.859. The molecule has 78 valence electrons. The standard InChI is InChI=1S/C11H12N2OS/c15-11-12-5-7-6-14-9-4-2-1-3-8(9)10(7)13-11/h1-4,7,9H,5-6H2,(H2,12,13,15). The maximum absolute atomic E-state index is 5.77. The monoisotopic (exact) mass is 220 g/mol. The molecule has 2 heterocycles. The van der Waals surface area contributed by atoms with Gasteiger partial charge in [0.05, 0.1) is 6.61 Å². The van der Waals surface area contributed by atoms with Crippen molar-refractivity contribution in [1.29, 1.82) is 0 Å². The van der Waals surface area contributed by atoms with E-state index in [0.29, 0.717) is 5.92 Å². The lowest BCUT2D eigenvalue weighted by atomic mass is 9.91. The van der Waals surface area contributed by atoms with Gasteiger partial charge in [-0.05, 0) is 12.2 Å². The van der Waals surface area contributed by atoms with Crippen LogP contribution >= 0.6 is 12.2 Å². The summed E-state index contributed by atoms with van der Waals surface area (Å²) >= 11 is 5.13. The summed E-state index contributed by atoms with van der Waals surface area (Å²) in [4.78, 5) is 0. The molecule has 3 rings (SSSR count). The lowest BCUT2D eigenvalue weighted by Gasteiger charge is -2.37. The topological polar surface area (TPSA) is 33.3 Å². The van der Waals surface area contributed by atoms with Crippen LogP contribution in [0.4, 0.5) is 0 Å². The summed E-state index contributed by atoms with van der Waals surface area (Å²) in [7, 11) is 0. The van der Waals surface area contributed by atoms with Gasteiger partial charge < -0.3 is 15.4 Å². The first-order valence-corrected chi connectivity index (χ1v) is 5.51. The summed E-state index contributed by atoms with van der Waals surface area (Å²) in [5.41, 5.74) is 2.45. The zero-order chi connectivity index (χ0) is 10.3. The molecule has 2 unspecified atom stereocenters. The van der Waals surface area contributed by atoms with Crippen LogP contribution in [0.1, 0.15) is 0 Å². The van der Waals surface area contributed by atoms with Gasteiger partial charge in [0.25, 0.3) is 0 Å². The molecule has 0 spiro atoms. The third-order valence-corrected chi connectivity index (χ3v) is 3.18. The summed E-state index contributed by atoms with van der Waals surface area (Å²) in [6, 6.07) is 0. The molecule has 0 aromatic heterocycles. The molecule has 0 bridgehead atoms. The van der Waals surface area contributed by atoms with Crippen molar-refractivity contribution in [3.05, 3.63) is 35.6 Å². The fourth-order valence-corrected chi connectivity index (χ4v) is 2.36. The highest BCUT2D eigenvalue weighted by molar-refractivity contribution is 7.80. The van der Waals surface area contributed by atoms with Gasteiger partial charge in [-0.2, -0.15) is 0 Å². The van der Waals surface area contributed by atoms with Gasteiger partial charge in [0.15, 0.2) is 5.11 Å². The maximum atomic E-state index is 5.77. The second-order valence-corrected chi connectivity index (χ2v) is 4.31. The van der Waals surface area contributed by atoms with E-state index in [4.69, 9.17) is 17.0 Å². The van der Waals surface area contributed by atoms with Crippen LogP contribution in [0, 0.1) is 5.92 Å². The molecule has 0 aromatic carbocycles. The molecule has 1 fully saturated rings. The van der Waals surface area contributed by atoms with Crippen molar-refractivity contribution in [2.24, 2.45) is 5.92 Å². The zero-order valence-electron chi connectivity index (χ0n) is 8.19. The van der Waals surface area contributed by atoms with Crippen LogP contribution in [0.25, 0.3) is 0 Å². The molecular formula is C11H12N2OS. The Hall–Kier alpha value is -1.13. The van der Waals surface area contributed by atoms with Gasteiger partial charge in [-0.1, -0.05) is 24.3 Å². The number of thiocarbonyl (C=S) groups is 1. The van der Waals surface area contributed by atoms with Crippen molar-refractivity contribution in [3.8, 4) is 0 Å². The molecule has 0 saturated carbocycles. The molecule has 2 atom stereocenters. The lowest BCUT2D eigenvalue weighted by molar-refractivity contribution is 0.0683.